The lowest BCUT2D eigenvalue weighted by molar-refractivity contribution is 0.136. The largest absolute Gasteiger partial charge is 0.493 e. The van der Waals surface area contributed by atoms with Crippen molar-refractivity contribution in [2.24, 2.45) is 0 Å². The molecule has 0 aromatic heterocycles. The Hall–Kier alpha value is -1.87. The van der Waals surface area contributed by atoms with Crippen LogP contribution in [0.3, 0.4) is 0 Å². The molecule has 0 aliphatic heterocycles. The summed E-state index contributed by atoms with van der Waals surface area (Å²) in [5, 5.41) is 10.1. The number of aryl methyl sites for hydroxylation is 2. The Morgan fingerprint density at radius 3 is 2.50 bits per heavy atom. The Labute approximate surface area is 118 Å². The maximum absolute atomic E-state index is 13.9. The number of hydrogen-bond donors (Lipinski definition) is 1. The summed E-state index contributed by atoms with van der Waals surface area (Å²) in [5.74, 6) is 0.399. The van der Waals surface area contributed by atoms with Crippen LogP contribution in [0.15, 0.2) is 42.5 Å². The molecule has 2 aromatic carbocycles. The molecule has 0 saturated carbocycles. The number of rotatable bonds is 5. The predicted molar refractivity (Wildman–Crippen MR) is 77.4 cm³/mol. The first-order valence-corrected chi connectivity index (χ1v) is 6.70. The summed E-state index contributed by atoms with van der Waals surface area (Å²) < 4.78 is 19.4. The van der Waals surface area contributed by atoms with Crippen molar-refractivity contribution in [1.82, 2.24) is 0 Å². The molecule has 0 aliphatic rings. The highest BCUT2D eigenvalue weighted by atomic mass is 19.1. The van der Waals surface area contributed by atoms with E-state index in [9.17, 15) is 9.50 Å². The van der Waals surface area contributed by atoms with Gasteiger partial charge in [-0.05, 0) is 43.2 Å². The number of halogens is 1. The Morgan fingerprint density at radius 1 is 1.15 bits per heavy atom. The maximum Gasteiger partial charge on any atom is 0.129 e. The number of aliphatic hydroxyl groups excluding tert-OH is 1. The Morgan fingerprint density at radius 2 is 1.85 bits per heavy atom. The number of hydrogen-bond acceptors (Lipinski definition) is 2. The van der Waals surface area contributed by atoms with E-state index in [-0.39, 0.29) is 5.82 Å². The molecule has 0 radical (unpaired) electrons. The van der Waals surface area contributed by atoms with E-state index < -0.39 is 6.10 Å². The standard InChI is InChI=1S/C17H19FO2/c1-12-10-13(2)17(15(18)11-12)16(19)8-9-20-14-6-4-3-5-7-14/h3-7,10-11,16,19H,8-9H2,1-2H3. The zero-order valence-electron chi connectivity index (χ0n) is 11.8. The fraction of sp³-hybridized carbons (Fsp3) is 0.294. The first-order valence-electron chi connectivity index (χ1n) is 6.70. The van der Waals surface area contributed by atoms with E-state index in [0.29, 0.717) is 18.6 Å². The van der Waals surface area contributed by atoms with Gasteiger partial charge in [-0.25, -0.2) is 4.39 Å². The third kappa shape index (κ3) is 3.58. The van der Waals surface area contributed by atoms with Crippen LogP contribution in [0.25, 0.3) is 0 Å². The molecule has 3 heteroatoms. The average molecular weight is 274 g/mol. The molecule has 1 unspecified atom stereocenters. The van der Waals surface area contributed by atoms with Gasteiger partial charge in [0.15, 0.2) is 0 Å². The fourth-order valence-corrected chi connectivity index (χ4v) is 2.30. The molecule has 0 aliphatic carbocycles. The van der Waals surface area contributed by atoms with Crippen molar-refractivity contribution in [3.63, 3.8) is 0 Å². The third-order valence-corrected chi connectivity index (χ3v) is 3.22. The quantitative estimate of drug-likeness (QED) is 0.894. The summed E-state index contributed by atoms with van der Waals surface area (Å²) >= 11 is 0. The van der Waals surface area contributed by atoms with Crippen molar-refractivity contribution in [2.75, 3.05) is 6.61 Å². The van der Waals surface area contributed by atoms with E-state index in [4.69, 9.17) is 4.74 Å². The van der Waals surface area contributed by atoms with E-state index in [1.807, 2.05) is 50.2 Å². The van der Waals surface area contributed by atoms with Crippen LogP contribution in [0.4, 0.5) is 4.39 Å². The van der Waals surface area contributed by atoms with Crippen molar-refractivity contribution in [2.45, 2.75) is 26.4 Å². The minimum atomic E-state index is -0.848. The highest BCUT2D eigenvalue weighted by Gasteiger charge is 2.16. The van der Waals surface area contributed by atoms with E-state index in [1.165, 1.54) is 6.07 Å². The second-order valence-corrected chi connectivity index (χ2v) is 4.94. The topological polar surface area (TPSA) is 29.5 Å². The van der Waals surface area contributed by atoms with Gasteiger partial charge in [0.2, 0.25) is 0 Å². The monoisotopic (exact) mass is 274 g/mol. The van der Waals surface area contributed by atoms with Crippen molar-refractivity contribution < 1.29 is 14.2 Å². The van der Waals surface area contributed by atoms with E-state index >= 15 is 0 Å². The van der Waals surface area contributed by atoms with Crippen molar-refractivity contribution >= 4 is 0 Å². The van der Waals surface area contributed by atoms with Gasteiger partial charge < -0.3 is 9.84 Å². The molecule has 0 spiro atoms. The van der Waals surface area contributed by atoms with Gasteiger partial charge in [-0.1, -0.05) is 24.3 Å². The molecule has 0 fully saturated rings. The van der Waals surface area contributed by atoms with Crippen LogP contribution in [0.5, 0.6) is 5.75 Å². The molecule has 1 N–H and O–H groups in total. The smallest absolute Gasteiger partial charge is 0.129 e. The summed E-state index contributed by atoms with van der Waals surface area (Å²) in [5.41, 5.74) is 2.00. The van der Waals surface area contributed by atoms with Crippen LogP contribution < -0.4 is 4.74 Å². The molecule has 20 heavy (non-hydrogen) atoms. The molecular formula is C17H19FO2. The molecule has 1 atom stereocenters. The van der Waals surface area contributed by atoms with Gasteiger partial charge in [0.05, 0.1) is 12.7 Å². The summed E-state index contributed by atoms with van der Waals surface area (Å²) in [6.07, 6.45) is -0.491. The highest BCUT2D eigenvalue weighted by Crippen LogP contribution is 2.25. The first kappa shape index (κ1) is 14.5. The van der Waals surface area contributed by atoms with Gasteiger partial charge in [0, 0.05) is 12.0 Å². The zero-order chi connectivity index (χ0) is 14.5. The van der Waals surface area contributed by atoms with E-state index in [1.54, 1.807) is 0 Å². The maximum atomic E-state index is 13.9. The van der Waals surface area contributed by atoms with Crippen LogP contribution in [0.1, 0.15) is 29.2 Å². The van der Waals surface area contributed by atoms with Crippen LogP contribution in [-0.4, -0.2) is 11.7 Å². The molecule has 106 valence electrons. The second kappa shape index (κ2) is 6.53. The molecule has 0 saturated heterocycles. The van der Waals surface area contributed by atoms with Gasteiger partial charge in [-0.15, -0.1) is 0 Å². The number of ether oxygens (including phenoxy) is 1. The van der Waals surface area contributed by atoms with Gasteiger partial charge >= 0.3 is 0 Å². The minimum Gasteiger partial charge on any atom is -0.493 e. The Kier molecular flexibility index (Phi) is 4.74. The molecular weight excluding hydrogens is 255 g/mol. The van der Waals surface area contributed by atoms with Gasteiger partial charge in [-0.3, -0.25) is 0 Å². The Balaban J connectivity index is 1.97. The summed E-state index contributed by atoms with van der Waals surface area (Å²) in [7, 11) is 0. The zero-order valence-corrected chi connectivity index (χ0v) is 11.8. The Bertz CT molecular complexity index is 543. The van der Waals surface area contributed by atoms with Crippen LogP contribution in [0.2, 0.25) is 0 Å². The van der Waals surface area contributed by atoms with Crippen LogP contribution in [-0.2, 0) is 0 Å². The third-order valence-electron chi connectivity index (χ3n) is 3.22. The number of aliphatic hydroxyl groups is 1. The highest BCUT2D eigenvalue weighted by molar-refractivity contribution is 5.33. The minimum absolute atomic E-state index is 0.345. The van der Waals surface area contributed by atoms with Gasteiger partial charge in [0.25, 0.3) is 0 Å². The van der Waals surface area contributed by atoms with Crippen LogP contribution in [0, 0.1) is 19.7 Å². The van der Waals surface area contributed by atoms with E-state index in [0.717, 1.165) is 16.9 Å². The van der Waals surface area contributed by atoms with Crippen LogP contribution >= 0.6 is 0 Å². The predicted octanol–water partition coefficient (Wildman–Crippen LogP) is 3.95. The molecule has 2 rings (SSSR count). The van der Waals surface area contributed by atoms with Crippen molar-refractivity contribution in [1.29, 1.82) is 0 Å². The lowest BCUT2D eigenvalue weighted by Gasteiger charge is -2.16. The van der Waals surface area contributed by atoms with Gasteiger partial charge in [-0.2, -0.15) is 0 Å². The molecule has 2 aromatic rings. The normalized spacial score (nSPS) is 12.2. The van der Waals surface area contributed by atoms with Crippen molar-refractivity contribution in [3.05, 3.63) is 65.0 Å². The SMILES string of the molecule is Cc1cc(C)c(C(O)CCOc2ccccc2)c(F)c1. The summed E-state index contributed by atoms with van der Waals surface area (Å²) in [6.45, 7) is 4.00. The van der Waals surface area contributed by atoms with Gasteiger partial charge in [0.1, 0.15) is 11.6 Å². The second-order valence-electron chi connectivity index (χ2n) is 4.94. The summed E-state index contributed by atoms with van der Waals surface area (Å²) in [6, 6.07) is 12.7. The molecule has 0 amide bonds. The van der Waals surface area contributed by atoms with Crippen molar-refractivity contribution in [3.8, 4) is 5.75 Å². The molecule has 0 heterocycles. The molecule has 2 nitrogen and oxygen atoms in total. The lowest BCUT2D eigenvalue weighted by Crippen LogP contribution is -2.09. The fourth-order valence-electron chi connectivity index (χ4n) is 2.30. The van der Waals surface area contributed by atoms with E-state index in [2.05, 4.69) is 0 Å². The first-order chi connectivity index (χ1) is 9.58. The lowest BCUT2D eigenvalue weighted by atomic mass is 9.98. The number of para-hydroxylation sites is 1. The average Bonchev–Trinajstić information content (AvgIpc) is 2.38. The summed E-state index contributed by atoms with van der Waals surface area (Å²) in [4.78, 5) is 0. The molecule has 0 bridgehead atoms. The number of benzene rings is 2.